The molecule has 0 aliphatic carbocycles. The molecule has 4 heteroatoms. The number of aromatic nitrogens is 3. The lowest BCUT2D eigenvalue weighted by Gasteiger charge is -2.05. The van der Waals surface area contributed by atoms with Crippen LogP contribution in [0.15, 0.2) is 42.7 Å². The van der Waals surface area contributed by atoms with Gasteiger partial charge in [-0.2, -0.15) is 0 Å². The van der Waals surface area contributed by atoms with E-state index in [0.29, 0.717) is 11.3 Å². The van der Waals surface area contributed by atoms with Crippen molar-refractivity contribution < 1.29 is 0 Å². The molecule has 2 N–H and O–H groups in total. The van der Waals surface area contributed by atoms with Gasteiger partial charge >= 0.3 is 0 Å². The van der Waals surface area contributed by atoms with Crippen LogP contribution >= 0.6 is 0 Å². The second-order valence-electron chi connectivity index (χ2n) is 4.38. The molecular formula is C15H14N4. The molecule has 3 aromatic rings. The first-order chi connectivity index (χ1) is 9.28. The lowest BCUT2D eigenvalue weighted by molar-refractivity contribution is 1.14. The largest absolute Gasteiger partial charge is 0.382 e. The minimum absolute atomic E-state index is 0.415. The van der Waals surface area contributed by atoms with Crippen molar-refractivity contribution in [3.63, 3.8) is 0 Å². The highest BCUT2D eigenvalue weighted by Gasteiger charge is 2.05. The molecule has 0 unspecified atom stereocenters. The summed E-state index contributed by atoms with van der Waals surface area (Å²) in [6.45, 7) is 2.14. The Morgan fingerprint density at radius 3 is 2.84 bits per heavy atom. The van der Waals surface area contributed by atoms with Gasteiger partial charge in [0.05, 0.1) is 11.2 Å². The van der Waals surface area contributed by atoms with Gasteiger partial charge in [0.1, 0.15) is 11.8 Å². The Hall–Kier alpha value is -2.49. The van der Waals surface area contributed by atoms with Crippen LogP contribution in [0, 0.1) is 0 Å². The van der Waals surface area contributed by atoms with Gasteiger partial charge in [0, 0.05) is 5.56 Å². The minimum atomic E-state index is 0.415. The molecular weight excluding hydrogens is 236 g/mol. The first kappa shape index (κ1) is 11.6. The average Bonchev–Trinajstić information content (AvgIpc) is 2.47. The molecule has 94 valence electrons. The summed E-state index contributed by atoms with van der Waals surface area (Å²) < 4.78 is 0. The lowest BCUT2D eigenvalue weighted by Crippen LogP contribution is -1.96. The van der Waals surface area contributed by atoms with Gasteiger partial charge < -0.3 is 5.73 Å². The number of hydrogen-bond acceptors (Lipinski definition) is 4. The molecule has 2 aromatic heterocycles. The zero-order chi connectivity index (χ0) is 13.2. The quantitative estimate of drug-likeness (QED) is 0.759. The van der Waals surface area contributed by atoms with E-state index in [0.717, 1.165) is 23.2 Å². The zero-order valence-electron chi connectivity index (χ0n) is 10.7. The van der Waals surface area contributed by atoms with E-state index in [1.165, 1.54) is 11.9 Å². The number of aryl methyl sites for hydroxylation is 1. The van der Waals surface area contributed by atoms with E-state index in [1.54, 1.807) is 0 Å². The van der Waals surface area contributed by atoms with E-state index in [-0.39, 0.29) is 0 Å². The van der Waals surface area contributed by atoms with Crippen molar-refractivity contribution >= 4 is 16.9 Å². The second kappa shape index (κ2) is 4.65. The van der Waals surface area contributed by atoms with Crippen LogP contribution in [-0.4, -0.2) is 15.0 Å². The number of nitrogens with zero attached hydrogens (tertiary/aromatic N) is 3. The van der Waals surface area contributed by atoms with Crippen molar-refractivity contribution in [2.75, 3.05) is 5.73 Å². The highest BCUT2D eigenvalue weighted by molar-refractivity contribution is 5.85. The van der Waals surface area contributed by atoms with E-state index in [1.807, 2.05) is 24.3 Å². The fourth-order valence-corrected chi connectivity index (χ4v) is 2.07. The monoisotopic (exact) mass is 250 g/mol. The van der Waals surface area contributed by atoms with Gasteiger partial charge in [-0.05, 0) is 30.2 Å². The van der Waals surface area contributed by atoms with Crippen molar-refractivity contribution in [1.82, 2.24) is 15.0 Å². The van der Waals surface area contributed by atoms with Gasteiger partial charge in [0.25, 0.3) is 0 Å². The van der Waals surface area contributed by atoms with Crippen LogP contribution in [0.2, 0.25) is 0 Å². The standard InChI is InChI=1S/C15H14N4/c1-2-10-4-3-5-11(8-10)12-6-7-13-14(19-12)15(16)18-9-17-13/h3-9H,2H2,1H3,(H2,16,17,18). The van der Waals surface area contributed by atoms with E-state index >= 15 is 0 Å². The molecule has 0 aliphatic rings. The van der Waals surface area contributed by atoms with Gasteiger partial charge in [0.2, 0.25) is 0 Å². The molecule has 19 heavy (non-hydrogen) atoms. The van der Waals surface area contributed by atoms with Crippen LogP contribution in [0.4, 0.5) is 5.82 Å². The Labute approximate surface area is 111 Å². The third kappa shape index (κ3) is 2.12. The van der Waals surface area contributed by atoms with Crippen LogP contribution in [0.1, 0.15) is 12.5 Å². The van der Waals surface area contributed by atoms with Gasteiger partial charge in [-0.15, -0.1) is 0 Å². The Morgan fingerprint density at radius 2 is 2.00 bits per heavy atom. The fourth-order valence-electron chi connectivity index (χ4n) is 2.07. The molecule has 0 fully saturated rings. The SMILES string of the molecule is CCc1cccc(-c2ccc3ncnc(N)c3n2)c1. The summed E-state index contributed by atoms with van der Waals surface area (Å²) in [5.74, 6) is 0.415. The number of rotatable bonds is 2. The summed E-state index contributed by atoms with van der Waals surface area (Å²) in [6.07, 6.45) is 2.46. The highest BCUT2D eigenvalue weighted by atomic mass is 14.9. The summed E-state index contributed by atoms with van der Waals surface area (Å²) in [6, 6.07) is 12.2. The maximum Gasteiger partial charge on any atom is 0.153 e. The van der Waals surface area contributed by atoms with Crippen molar-refractivity contribution in [2.45, 2.75) is 13.3 Å². The molecule has 0 radical (unpaired) electrons. The molecule has 0 amide bonds. The van der Waals surface area contributed by atoms with Crippen molar-refractivity contribution in [1.29, 1.82) is 0 Å². The van der Waals surface area contributed by atoms with Crippen LogP contribution in [0.5, 0.6) is 0 Å². The average molecular weight is 250 g/mol. The third-order valence-electron chi connectivity index (χ3n) is 3.14. The predicted octanol–water partition coefficient (Wildman–Crippen LogP) is 2.84. The van der Waals surface area contributed by atoms with Gasteiger partial charge in [-0.25, -0.2) is 15.0 Å². The highest BCUT2D eigenvalue weighted by Crippen LogP contribution is 2.22. The Balaban J connectivity index is 2.17. The van der Waals surface area contributed by atoms with Crippen LogP contribution in [-0.2, 0) is 6.42 Å². The van der Waals surface area contributed by atoms with Gasteiger partial charge in [-0.3, -0.25) is 0 Å². The van der Waals surface area contributed by atoms with Gasteiger partial charge in [-0.1, -0.05) is 25.1 Å². The molecule has 0 saturated heterocycles. The van der Waals surface area contributed by atoms with E-state index in [2.05, 4.69) is 34.0 Å². The third-order valence-corrected chi connectivity index (χ3v) is 3.14. The predicted molar refractivity (Wildman–Crippen MR) is 76.6 cm³/mol. The number of benzene rings is 1. The second-order valence-corrected chi connectivity index (χ2v) is 4.38. The smallest absolute Gasteiger partial charge is 0.153 e. The molecule has 0 spiro atoms. The van der Waals surface area contributed by atoms with E-state index in [4.69, 9.17) is 5.73 Å². The van der Waals surface area contributed by atoms with Gasteiger partial charge in [0.15, 0.2) is 5.82 Å². The summed E-state index contributed by atoms with van der Waals surface area (Å²) in [5, 5.41) is 0. The fraction of sp³-hybridized carbons (Fsp3) is 0.133. The number of nitrogens with two attached hydrogens (primary N) is 1. The number of pyridine rings is 1. The minimum Gasteiger partial charge on any atom is -0.382 e. The maximum atomic E-state index is 5.85. The number of nitrogen functional groups attached to an aromatic ring is 1. The first-order valence-electron chi connectivity index (χ1n) is 6.24. The molecule has 3 rings (SSSR count). The van der Waals surface area contributed by atoms with E-state index < -0.39 is 0 Å². The Morgan fingerprint density at radius 1 is 1.11 bits per heavy atom. The molecule has 0 aliphatic heterocycles. The number of fused-ring (bicyclic) bond motifs is 1. The molecule has 1 aromatic carbocycles. The summed E-state index contributed by atoms with van der Waals surface area (Å²) in [5.41, 5.74) is 10.5. The summed E-state index contributed by atoms with van der Waals surface area (Å²) in [7, 11) is 0. The molecule has 2 heterocycles. The topological polar surface area (TPSA) is 64.7 Å². The summed E-state index contributed by atoms with van der Waals surface area (Å²) in [4.78, 5) is 12.7. The number of anilines is 1. The van der Waals surface area contributed by atoms with Crippen LogP contribution in [0.3, 0.4) is 0 Å². The van der Waals surface area contributed by atoms with Crippen LogP contribution < -0.4 is 5.73 Å². The van der Waals surface area contributed by atoms with Crippen LogP contribution in [0.25, 0.3) is 22.3 Å². The molecule has 0 saturated carbocycles. The van der Waals surface area contributed by atoms with Crippen molar-refractivity contribution in [2.24, 2.45) is 0 Å². The molecule has 4 nitrogen and oxygen atoms in total. The first-order valence-corrected chi connectivity index (χ1v) is 6.24. The Kier molecular flexibility index (Phi) is 2.83. The Bertz CT molecular complexity index is 737. The molecule has 0 atom stereocenters. The van der Waals surface area contributed by atoms with E-state index in [9.17, 15) is 0 Å². The summed E-state index contributed by atoms with van der Waals surface area (Å²) >= 11 is 0. The maximum absolute atomic E-state index is 5.85. The van der Waals surface area contributed by atoms with Crippen molar-refractivity contribution in [3.05, 3.63) is 48.3 Å². The number of hydrogen-bond donors (Lipinski definition) is 1. The lowest BCUT2D eigenvalue weighted by atomic mass is 10.1. The normalized spacial score (nSPS) is 10.8. The zero-order valence-corrected chi connectivity index (χ0v) is 10.7. The van der Waals surface area contributed by atoms with Crippen molar-refractivity contribution in [3.8, 4) is 11.3 Å². The molecule has 0 bridgehead atoms.